The van der Waals surface area contributed by atoms with Gasteiger partial charge in [-0.15, -0.1) is 0 Å². The number of carbonyl (C=O) groups is 2. The molecule has 0 unspecified atom stereocenters. The molecule has 0 radical (unpaired) electrons. The minimum atomic E-state index is -0.927. The average Bonchev–Trinajstić information content (AvgIpc) is 3.24. The van der Waals surface area contributed by atoms with Gasteiger partial charge in [0.25, 0.3) is 11.3 Å². The Labute approximate surface area is 165 Å². The number of nitrogens with zero attached hydrogens (tertiary/aromatic N) is 4. The summed E-state index contributed by atoms with van der Waals surface area (Å²) in [7, 11) is 0. The van der Waals surface area contributed by atoms with E-state index in [9.17, 15) is 14.4 Å². The number of carbonyl (C=O) groups excluding carboxylic acids is 2. The van der Waals surface area contributed by atoms with Crippen LogP contribution in [0.2, 0.25) is 0 Å². The normalized spacial score (nSPS) is 11.9. The minimum Gasteiger partial charge on any atom is -0.358 e. The topological polar surface area (TPSA) is 115 Å². The van der Waals surface area contributed by atoms with Crippen molar-refractivity contribution in [1.82, 2.24) is 24.4 Å². The number of amides is 1. The highest BCUT2D eigenvalue weighted by molar-refractivity contribution is 6.47. The summed E-state index contributed by atoms with van der Waals surface area (Å²) in [5.41, 5.74) is 3.49. The number of Topliss-reactive ketones (excluding diaryl/α,β-unsaturated/α-hetero) is 1. The Balaban J connectivity index is 1.69. The van der Waals surface area contributed by atoms with E-state index in [2.05, 4.69) is 20.5 Å². The largest absolute Gasteiger partial charge is 0.358 e. The highest BCUT2D eigenvalue weighted by atomic mass is 16.2. The number of fused-ring (bicyclic) bond motifs is 2. The van der Waals surface area contributed by atoms with E-state index in [4.69, 9.17) is 0 Å². The molecule has 0 spiro atoms. The van der Waals surface area contributed by atoms with Gasteiger partial charge in [0.1, 0.15) is 11.7 Å². The molecule has 0 bridgehead atoms. The van der Waals surface area contributed by atoms with Gasteiger partial charge in [-0.05, 0) is 33.8 Å². The molecule has 0 fully saturated rings. The quantitative estimate of drug-likeness (QED) is 0.409. The molecule has 0 aliphatic carbocycles. The molecule has 2 N–H and O–H groups in total. The van der Waals surface area contributed by atoms with Crippen molar-refractivity contribution < 1.29 is 9.59 Å². The number of rotatable bonds is 3. The Bertz CT molecular complexity index is 1340. The Morgan fingerprint density at radius 1 is 1.14 bits per heavy atom. The lowest BCUT2D eigenvalue weighted by molar-refractivity contribution is -0.113. The minimum absolute atomic E-state index is 0.249. The molecule has 0 aliphatic rings. The van der Waals surface area contributed by atoms with E-state index in [0.29, 0.717) is 16.7 Å². The van der Waals surface area contributed by atoms with Crippen molar-refractivity contribution >= 4 is 33.6 Å². The molecular formula is C20H20N6O3. The molecular weight excluding hydrogens is 372 g/mol. The maximum absolute atomic E-state index is 12.8. The predicted molar refractivity (Wildman–Crippen MR) is 109 cm³/mol. The molecule has 0 saturated heterocycles. The van der Waals surface area contributed by atoms with Crippen LogP contribution in [0.15, 0.2) is 41.6 Å². The zero-order chi connectivity index (χ0) is 20.9. The first-order chi connectivity index (χ1) is 13.7. The van der Waals surface area contributed by atoms with E-state index in [0.717, 1.165) is 10.2 Å². The lowest BCUT2D eigenvalue weighted by Crippen LogP contribution is -2.37. The Morgan fingerprint density at radius 2 is 1.86 bits per heavy atom. The summed E-state index contributed by atoms with van der Waals surface area (Å²) in [6.45, 7) is 7.55. The van der Waals surface area contributed by atoms with Crippen molar-refractivity contribution in [3.8, 4) is 0 Å². The number of para-hydroxylation sites is 1. The third-order valence-corrected chi connectivity index (χ3v) is 4.67. The zero-order valence-corrected chi connectivity index (χ0v) is 16.5. The molecule has 29 heavy (non-hydrogen) atoms. The zero-order valence-electron chi connectivity index (χ0n) is 16.5. The molecule has 4 aromatic rings. The van der Waals surface area contributed by atoms with Gasteiger partial charge >= 0.3 is 5.91 Å². The van der Waals surface area contributed by atoms with Crippen LogP contribution >= 0.6 is 0 Å². The van der Waals surface area contributed by atoms with E-state index in [1.54, 1.807) is 23.7 Å². The average molecular weight is 392 g/mol. The second-order valence-corrected chi connectivity index (χ2v) is 7.82. The maximum atomic E-state index is 12.8. The van der Waals surface area contributed by atoms with E-state index < -0.39 is 17.2 Å². The third-order valence-electron chi connectivity index (χ3n) is 4.67. The number of aryl methyl sites for hydroxylation is 1. The number of benzene rings is 1. The maximum Gasteiger partial charge on any atom is 0.311 e. The molecule has 3 heterocycles. The van der Waals surface area contributed by atoms with Crippen molar-refractivity contribution in [1.29, 1.82) is 0 Å². The number of hydrogen-bond acceptors (Lipinski definition) is 5. The summed E-state index contributed by atoms with van der Waals surface area (Å²) < 4.78 is 2.54. The van der Waals surface area contributed by atoms with Crippen molar-refractivity contribution in [3.63, 3.8) is 0 Å². The molecule has 9 nitrogen and oxygen atoms in total. The van der Waals surface area contributed by atoms with Crippen LogP contribution in [0.3, 0.4) is 0 Å². The number of nitrogens with one attached hydrogen (secondary N) is 2. The summed E-state index contributed by atoms with van der Waals surface area (Å²) in [6, 6.07) is 7.22. The van der Waals surface area contributed by atoms with Crippen LogP contribution in [0.1, 0.15) is 36.8 Å². The highest BCUT2D eigenvalue weighted by Gasteiger charge is 2.24. The molecule has 148 valence electrons. The molecule has 0 saturated carbocycles. The fourth-order valence-corrected chi connectivity index (χ4v) is 3.33. The standard InChI is InChI=1S/C20H20N6O3/c1-11-15(12-7-5-6-8-14(12)23-11)16(27)18(28)24-25-10-21-17-13(19(25)29)9-22-26(17)20(2,3)4/h5-10,23H,1-4H3,(H,24,28). The van der Waals surface area contributed by atoms with Crippen LogP contribution in [0.4, 0.5) is 0 Å². The number of aromatic nitrogens is 5. The van der Waals surface area contributed by atoms with Crippen LogP contribution < -0.4 is 11.0 Å². The molecule has 1 amide bonds. The smallest absolute Gasteiger partial charge is 0.311 e. The van der Waals surface area contributed by atoms with E-state index in [-0.39, 0.29) is 16.5 Å². The highest BCUT2D eigenvalue weighted by Crippen LogP contribution is 2.22. The van der Waals surface area contributed by atoms with Crippen molar-refractivity contribution in [2.75, 3.05) is 5.43 Å². The van der Waals surface area contributed by atoms with E-state index in [1.165, 1.54) is 12.5 Å². The molecule has 0 atom stereocenters. The lowest BCUT2D eigenvalue weighted by atomic mass is 10.1. The number of ketones is 1. The first-order valence-electron chi connectivity index (χ1n) is 9.07. The Hall–Kier alpha value is -3.75. The second-order valence-electron chi connectivity index (χ2n) is 7.82. The van der Waals surface area contributed by atoms with E-state index in [1.807, 2.05) is 32.9 Å². The van der Waals surface area contributed by atoms with Crippen LogP contribution in [-0.2, 0) is 10.3 Å². The number of hydrogen-bond donors (Lipinski definition) is 2. The SMILES string of the molecule is Cc1[nH]c2ccccc2c1C(=O)C(=O)Nn1cnc2c(cnn2C(C)(C)C)c1=O. The van der Waals surface area contributed by atoms with E-state index >= 15 is 0 Å². The Morgan fingerprint density at radius 3 is 2.59 bits per heavy atom. The lowest BCUT2D eigenvalue weighted by Gasteiger charge is -2.19. The van der Waals surface area contributed by atoms with Gasteiger partial charge in [-0.3, -0.25) is 19.8 Å². The first kappa shape index (κ1) is 18.6. The van der Waals surface area contributed by atoms with Crippen molar-refractivity contribution in [2.45, 2.75) is 33.2 Å². The molecule has 0 aliphatic heterocycles. The van der Waals surface area contributed by atoms with Gasteiger partial charge in [-0.1, -0.05) is 18.2 Å². The summed E-state index contributed by atoms with van der Waals surface area (Å²) in [5, 5.41) is 5.13. The van der Waals surface area contributed by atoms with Gasteiger partial charge in [-0.2, -0.15) is 5.10 Å². The van der Waals surface area contributed by atoms with Crippen LogP contribution in [0.25, 0.3) is 21.9 Å². The summed E-state index contributed by atoms with van der Waals surface area (Å²) in [5.74, 6) is -1.67. The second kappa shape index (κ2) is 6.40. The summed E-state index contributed by atoms with van der Waals surface area (Å²) >= 11 is 0. The van der Waals surface area contributed by atoms with Gasteiger partial charge in [0.15, 0.2) is 5.65 Å². The molecule has 9 heteroatoms. The predicted octanol–water partition coefficient (Wildman–Crippen LogP) is 2.09. The fourth-order valence-electron chi connectivity index (χ4n) is 3.33. The summed E-state index contributed by atoms with van der Waals surface area (Å²) in [4.78, 5) is 45.4. The fraction of sp³-hybridized carbons (Fsp3) is 0.250. The molecule has 4 rings (SSSR count). The van der Waals surface area contributed by atoms with Gasteiger partial charge < -0.3 is 4.98 Å². The molecule has 3 aromatic heterocycles. The molecule has 1 aromatic carbocycles. The monoisotopic (exact) mass is 392 g/mol. The van der Waals surface area contributed by atoms with Crippen molar-refractivity contribution in [3.05, 3.63) is 58.4 Å². The number of H-pyrrole nitrogens is 1. The van der Waals surface area contributed by atoms with Gasteiger partial charge in [0.05, 0.1) is 17.3 Å². The summed E-state index contributed by atoms with van der Waals surface area (Å²) in [6.07, 6.45) is 2.59. The van der Waals surface area contributed by atoms with Gasteiger partial charge in [-0.25, -0.2) is 14.3 Å². The first-order valence-corrected chi connectivity index (χ1v) is 9.07. The number of aromatic amines is 1. The van der Waals surface area contributed by atoms with Crippen LogP contribution in [-0.4, -0.2) is 36.1 Å². The van der Waals surface area contributed by atoms with Crippen molar-refractivity contribution in [2.24, 2.45) is 0 Å². The van der Waals surface area contributed by atoms with Crippen LogP contribution in [0, 0.1) is 6.92 Å². The van der Waals surface area contributed by atoms with Gasteiger partial charge in [0.2, 0.25) is 0 Å². The van der Waals surface area contributed by atoms with Gasteiger partial charge in [0, 0.05) is 16.6 Å². The third kappa shape index (κ3) is 3.00. The van der Waals surface area contributed by atoms with Crippen LogP contribution in [0.5, 0.6) is 0 Å². The Kier molecular flexibility index (Phi) is 4.11.